The van der Waals surface area contributed by atoms with Gasteiger partial charge in [-0.2, -0.15) is 5.10 Å². The number of benzene rings is 1. The summed E-state index contributed by atoms with van der Waals surface area (Å²) in [5.74, 6) is 0.130. The molecule has 1 saturated heterocycles. The first kappa shape index (κ1) is 19.0. The first-order valence-corrected chi connectivity index (χ1v) is 10.7. The Labute approximate surface area is 176 Å². The van der Waals surface area contributed by atoms with Gasteiger partial charge in [0.05, 0.1) is 16.9 Å². The zero-order valence-corrected chi connectivity index (χ0v) is 17.3. The van der Waals surface area contributed by atoms with E-state index in [0.717, 1.165) is 73.6 Å². The van der Waals surface area contributed by atoms with Crippen LogP contribution >= 0.6 is 0 Å². The lowest BCUT2D eigenvalue weighted by atomic mass is 9.95. The molecule has 0 aliphatic carbocycles. The molecule has 154 valence electrons. The summed E-state index contributed by atoms with van der Waals surface area (Å²) < 4.78 is 7.32. The molecule has 2 aliphatic heterocycles. The number of hydrogen-bond donors (Lipinski definition) is 0. The van der Waals surface area contributed by atoms with Gasteiger partial charge in [0.25, 0.3) is 5.91 Å². The molecule has 0 unspecified atom stereocenters. The van der Waals surface area contributed by atoms with Crippen LogP contribution in [0.25, 0.3) is 5.69 Å². The number of rotatable bonds is 4. The van der Waals surface area contributed by atoms with Crippen LogP contribution in [-0.4, -0.2) is 51.4 Å². The Hall–Kier alpha value is -2.99. The summed E-state index contributed by atoms with van der Waals surface area (Å²) in [5.41, 5.74) is 6.08. The summed E-state index contributed by atoms with van der Waals surface area (Å²) in [7, 11) is 0. The minimum absolute atomic E-state index is 0.130. The summed E-state index contributed by atoms with van der Waals surface area (Å²) in [6.07, 6.45) is 7.15. The maximum Gasteiger partial charge on any atom is 0.255 e. The van der Waals surface area contributed by atoms with Gasteiger partial charge in [-0.1, -0.05) is 12.1 Å². The standard InChI is InChI=1S/C24H26N4O2/c1-17-19(15-18-3-5-21(6-4-18)28-11-2-10-25-28)16-22-23(26-17)7-12-27(24(22)29)20-8-13-30-14-9-20/h2-6,10-11,16,20H,7-9,12-15H2,1H3. The molecule has 1 amide bonds. The van der Waals surface area contributed by atoms with Crippen molar-refractivity contribution in [3.05, 3.63) is 76.9 Å². The lowest BCUT2D eigenvalue weighted by Crippen LogP contribution is -2.47. The van der Waals surface area contributed by atoms with Gasteiger partial charge in [-0.25, -0.2) is 4.68 Å². The van der Waals surface area contributed by atoms with Crippen molar-refractivity contribution in [3.63, 3.8) is 0 Å². The van der Waals surface area contributed by atoms with Crippen molar-refractivity contribution < 1.29 is 9.53 Å². The molecular formula is C24H26N4O2. The van der Waals surface area contributed by atoms with E-state index >= 15 is 0 Å². The molecule has 2 aliphatic rings. The maximum absolute atomic E-state index is 13.2. The van der Waals surface area contributed by atoms with E-state index < -0.39 is 0 Å². The van der Waals surface area contributed by atoms with Crippen molar-refractivity contribution in [3.8, 4) is 5.69 Å². The largest absolute Gasteiger partial charge is 0.381 e. The SMILES string of the molecule is Cc1nc2c(cc1Cc1ccc(-n3cccn3)cc1)C(=O)N(C1CCOCC1)CC2. The predicted octanol–water partition coefficient (Wildman–Crippen LogP) is 3.34. The molecule has 6 nitrogen and oxygen atoms in total. The molecule has 5 rings (SSSR count). The highest BCUT2D eigenvalue weighted by atomic mass is 16.5. The van der Waals surface area contributed by atoms with Crippen molar-refractivity contribution in [2.75, 3.05) is 19.8 Å². The van der Waals surface area contributed by atoms with Crippen LogP contribution in [0.15, 0.2) is 48.8 Å². The molecule has 0 saturated carbocycles. The molecule has 0 bridgehead atoms. The fourth-order valence-corrected chi connectivity index (χ4v) is 4.49. The summed E-state index contributed by atoms with van der Waals surface area (Å²) in [6, 6.07) is 12.7. The number of nitrogens with zero attached hydrogens (tertiary/aromatic N) is 4. The number of amides is 1. The number of pyridine rings is 1. The van der Waals surface area contributed by atoms with Crippen molar-refractivity contribution in [2.24, 2.45) is 0 Å². The lowest BCUT2D eigenvalue weighted by molar-refractivity contribution is 0.0275. The molecule has 6 heteroatoms. The molecule has 4 heterocycles. The Bertz CT molecular complexity index is 1040. The van der Waals surface area contributed by atoms with Crippen LogP contribution in [0.4, 0.5) is 0 Å². The minimum Gasteiger partial charge on any atom is -0.381 e. The molecule has 0 radical (unpaired) electrons. The summed E-state index contributed by atoms with van der Waals surface area (Å²) in [4.78, 5) is 20.1. The average Bonchev–Trinajstić information content (AvgIpc) is 3.31. The van der Waals surface area contributed by atoms with Crippen LogP contribution in [0.5, 0.6) is 0 Å². The van der Waals surface area contributed by atoms with Crippen LogP contribution < -0.4 is 0 Å². The van der Waals surface area contributed by atoms with Crippen molar-refractivity contribution >= 4 is 5.91 Å². The molecule has 1 aromatic carbocycles. The molecule has 0 N–H and O–H groups in total. The second kappa shape index (κ2) is 8.03. The zero-order chi connectivity index (χ0) is 20.5. The van der Waals surface area contributed by atoms with Crippen molar-refractivity contribution in [2.45, 2.75) is 38.6 Å². The van der Waals surface area contributed by atoms with Crippen LogP contribution in [0.2, 0.25) is 0 Å². The van der Waals surface area contributed by atoms with E-state index in [0.29, 0.717) is 6.04 Å². The molecule has 0 atom stereocenters. The summed E-state index contributed by atoms with van der Waals surface area (Å²) >= 11 is 0. The van der Waals surface area contributed by atoms with Crippen molar-refractivity contribution in [1.29, 1.82) is 0 Å². The molecule has 2 aromatic heterocycles. The molecular weight excluding hydrogens is 376 g/mol. The van der Waals surface area contributed by atoms with Gasteiger partial charge in [-0.05, 0) is 61.6 Å². The quantitative estimate of drug-likeness (QED) is 0.672. The van der Waals surface area contributed by atoms with Crippen LogP contribution in [0, 0.1) is 6.92 Å². The Morgan fingerprint density at radius 1 is 1.17 bits per heavy atom. The highest BCUT2D eigenvalue weighted by Crippen LogP contribution is 2.26. The van der Waals surface area contributed by atoms with Gasteiger partial charge in [0.15, 0.2) is 0 Å². The number of aromatic nitrogens is 3. The van der Waals surface area contributed by atoms with E-state index in [1.165, 1.54) is 5.56 Å². The Kier molecular flexibility index (Phi) is 5.09. The van der Waals surface area contributed by atoms with E-state index in [9.17, 15) is 4.79 Å². The maximum atomic E-state index is 13.2. The Balaban J connectivity index is 1.38. The predicted molar refractivity (Wildman–Crippen MR) is 114 cm³/mol. The number of carbonyl (C=O) groups is 1. The van der Waals surface area contributed by atoms with Crippen molar-refractivity contribution in [1.82, 2.24) is 19.7 Å². The first-order chi connectivity index (χ1) is 14.7. The monoisotopic (exact) mass is 402 g/mol. The fraction of sp³-hybridized carbons (Fsp3) is 0.375. The average molecular weight is 402 g/mol. The third-order valence-corrected chi connectivity index (χ3v) is 6.21. The highest BCUT2D eigenvalue weighted by Gasteiger charge is 2.32. The summed E-state index contributed by atoms with van der Waals surface area (Å²) in [5, 5.41) is 4.27. The fourth-order valence-electron chi connectivity index (χ4n) is 4.49. The van der Waals surface area contributed by atoms with Gasteiger partial charge in [-0.15, -0.1) is 0 Å². The number of carbonyl (C=O) groups excluding carboxylic acids is 1. The van der Waals surface area contributed by atoms with Gasteiger partial charge in [0, 0.05) is 50.3 Å². The van der Waals surface area contributed by atoms with E-state index in [1.54, 1.807) is 6.20 Å². The molecule has 30 heavy (non-hydrogen) atoms. The lowest BCUT2D eigenvalue weighted by Gasteiger charge is -2.37. The number of fused-ring (bicyclic) bond motifs is 1. The second-order valence-electron chi connectivity index (χ2n) is 8.11. The molecule has 0 spiro atoms. The molecule has 1 fully saturated rings. The number of hydrogen-bond acceptors (Lipinski definition) is 4. The van der Waals surface area contributed by atoms with Gasteiger partial charge < -0.3 is 9.64 Å². The van der Waals surface area contributed by atoms with E-state index in [2.05, 4.69) is 35.4 Å². The van der Waals surface area contributed by atoms with Crippen LogP contribution in [0.3, 0.4) is 0 Å². The Morgan fingerprint density at radius 3 is 2.70 bits per heavy atom. The van der Waals surface area contributed by atoms with Gasteiger partial charge in [0.1, 0.15) is 0 Å². The van der Waals surface area contributed by atoms with Gasteiger partial charge in [-0.3, -0.25) is 9.78 Å². The minimum atomic E-state index is 0.130. The first-order valence-electron chi connectivity index (χ1n) is 10.7. The normalized spacial score (nSPS) is 17.2. The molecule has 3 aromatic rings. The van der Waals surface area contributed by atoms with Gasteiger partial charge >= 0.3 is 0 Å². The third kappa shape index (κ3) is 3.63. The Morgan fingerprint density at radius 2 is 1.97 bits per heavy atom. The third-order valence-electron chi connectivity index (χ3n) is 6.21. The van der Waals surface area contributed by atoms with E-state index in [1.807, 2.05) is 28.8 Å². The van der Waals surface area contributed by atoms with E-state index in [4.69, 9.17) is 9.72 Å². The zero-order valence-electron chi connectivity index (χ0n) is 17.3. The topological polar surface area (TPSA) is 60.2 Å². The number of aryl methyl sites for hydroxylation is 1. The smallest absolute Gasteiger partial charge is 0.255 e. The van der Waals surface area contributed by atoms with Crippen LogP contribution in [0.1, 0.15) is 45.7 Å². The second-order valence-corrected chi connectivity index (χ2v) is 8.11. The summed E-state index contributed by atoms with van der Waals surface area (Å²) in [6.45, 7) is 4.29. The highest BCUT2D eigenvalue weighted by molar-refractivity contribution is 5.96. The van der Waals surface area contributed by atoms with E-state index in [-0.39, 0.29) is 5.91 Å². The van der Waals surface area contributed by atoms with Crippen LogP contribution in [-0.2, 0) is 17.6 Å². The van der Waals surface area contributed by atoms with Gasteiger partial charge in [0.2, 0.25) is 0 Å². The number of ether oxygens (including phenoxy) is 1.